The van der Waals surface area contributed by atoms with Gasteiger partial charge in [0, 0.05) is 16.7 Å². The molecule has 0 fully saturated rings. The van der Waals surface area contributed by atoms with Gasteiger partial charge in [0.15, 0.2) is 12.7 Å². The lowest BCUT2D eigenvalue weighted by molar-refractivity contribution is -0.154. The number of esters is 1. The number of halogens is 1. The smallest absolute Gasteiger partial charge is 0.347 e. The summed E-state index contributed by atoms with van der Waals surface area (Å²) >= 11 is 3.34. The number of amides is 1. The molecule has 1 heterocycles. The molecular weight excluding hydrogens is 386 g/mol. The van der Waals surface area contributed by atoms with Crippen molar-refractivity contribution in [1.29, 1.82) is 0 Å². The number of hydrogen-bond acceptors (Lipinski definition) is 4. The number of carbonyl (C=O) groups excluding carboxylic acids is 2. The van der Waals surface area contributed by atoms with Crippen molar-refractivity contribution < 1.29 is 19.1 Å². The van der Waals surface area contributed by atoms with Crippen LogP contribution in [0.4, 0.5) is 5.69 Å². The van der Waals surface area contributed by atoms with Crippen LogP contribution in [0.1, 0.15) is 12.5 Å². The first kappa shape index (κ1) is 17.5. The Morgan fingerprint density at radius 1 is 1.16 bits per heavy atom. The van der Waals surface area contributed by atoms with Crippen LogP contribution in [-0.4, -0.2) is 31.1 Å². The maximum Gasteiger partial charge on any atom is 0.347 e. The highest BCUT2D eigenvalue weighted by Gasteiger charge is 2.26. The molecule has 6 heteroatoms. The molecule has 0 radical (unpaired) electrons. The van der Waals surface area contributed by atoms with Crippen molar-refractivity contribution in [2.75, 3.05) is 18.1 Å². The van der Waals surface area contributed by atoms with Crippen LogP contribution in [0, 0.1) is 0 Å². The van der Waals surface area contributed by atoms with Crippen molar-refractivity contribution in [3.63, 3.8) is 0 Å². The molecule has 1 unspecified atom stereocenters. The summed E-state index contributed by atoms with van der Waals surface area (Å²) in [6, 6.07) is 14.9. The van der Waals surface area contributed by atoms with Gasteiger partial charge in [0.2, 0.25) is 0 Å². The Labute approximate surface area is 154 Å². The van der Waals surface area contributed by atoms with Crippen molar-refractivity contribution in [2.24, 2.45) is 0 Å². The predicted octanol–water partition coefficient (Wildman–Crippen LogP) is 3.35. The third-order valence-corrected chi connectivity index (χ3v) is 4.51. The Morgan fingerprint density at radius 2 is 1.88 bits per heavy atom. The number of para-hydroxylation sites is 1. The highest BCUT2D eigenvalue weighted by Crippen LogP contribution is 2.27. The number of anilines is 1. The highest BCUT2D eigenvalue weighted by molar-refractivity contribution is 9.10. The molecule has 0 N–H and O–H groups in total. The Bertz CT molecular complexity index is 775. The van der Waals surface area contributed by atoms with Crippen molar-refractivity contribution >= 4 is 33.5 Å². The van der Waals surface area contributed by atoms with Gasteiger partial charge in [-0.05, 0) is 49.2 Å². The number of carbonyl (C=O) groups is 2. The monoisotopic (exact) mass is 403 g/mol. The quantitative estimate of drug-likeness (QED) is 0.718. The maximum absolute atomic E-state index is 12.3. The molecular formula is C19H18BrNO4. The van der Waals surface area contributed by atoms with E-state index in [0.29, 0.717) is 12.3 Å². The van der Waals surface area contributed by atoms with E-state index < -0.39 is 12.1 Å². The zero-order valence-electron chi connectivity index (χ0n) is 13.8. The van der Waals surface area contributed by atoms with Crippen molar-refractivity contribution in [1.82, 2.24) is 0 Å². The van der Waals surface area contributed by atoms with E-state index in [1.165, 1.54) is 0 Å². The second-order valence-electron chi connectivity index (χ2n) is 5.75. The fourth-order valence-corrected chi connectivity index (χ4v) is 2.96. The second kappa shape index (κ2) is 7.70. The van der Waals surface area contributed by atoms with Crippen LogP contribution in [0.2, 0.25) is 0 Å². The minimum Gasteiger partial charge on any atom is -0.479 e. The molecule has 5 nitrogen and oxygen atoms in total. The van der Waals surface area contributed by atoms with Crippen LogP contribution >= 0.6 is 15.9 Å². The minimum absolute atomic E-state index is 0.228. The largest absolute Gasteiger partial charge is 0.479 e. The lowest BCUT2D eigenvalue weighted by Crippen LogP contribution is -2.35. The van der Waals surface area contributed by atoms with Gasteiger partial charge in [0.05, 0.1) is 0 Å². The summed E-state index contributed by atoms with van der Waals surface area (Å²) in [4.78, 5) is 26.0. The van der Waals surface area contributed by atoms with Gasteiger partial charge < -0.3 is 14.4 Å². The lowest BCUT2D eigenvalue weighted by Gasteiger charge is -2.18. The molecule has 1 amide bonds. The van der Waals surface area contributed by atoms with Crippen molar-refractivity contribution in [2.45, 2.75) is 19.4 Å². The summed E-state index contributed by atoms with van der Waals surface area (Å²) in [6.45, 7) is 1.92. The van der Waals surface area contributed by atoms with E-state index in [0.717, 1.165) is 22.1 Å². The van der Waals surface area contributed by atoms with Gasteiger partial charge in [-0.25, -0.2) is 4.79 Å². The number of nitrogens with zero attached hydrogens (tertiary/aromatic N) is 1. The van der Waals surface area contributed by atoms with Crippen LogP contribution in [0.3, 0.4) is 0 Å². The summed E-state index contributed by atoms with van der Waals surface area (Å²) in [5.74, 6) is -0.231. The topological polar surface area (TPSA) is 55.8 Å². The molecule has 0 aromatic heterocycles. The third-order valence-electron chi connectivity index (χ3n) is 3.98. The van der Waals surface area contributed by atoms with E-state index in [9.17, 15) is 9.59 Å². The summed E-state index contributed by atoms with van der Waals surface area (Å²) in [6.07, 6.45) is 0.0266. The molecule has 3 rings (SSSR count). The summed E-state index contributed by atoms with van der Waals surface area (Å²) in [5, 5.41) is 0. The van der Waals surface area contributed by atoms with Crippen LogP contribution in [0.5, 0.6) is 5.75 Å². The van der Waals surface area contributed by atoms with E-state index in [1.54, 1.807) is 24.0 Å². The van der Waals surface area contributed by atoms with E-state index in [4.69, 9.17) is 9.47 Å². The van der Waals surface area contributed by atoms with Gasteiger partial charge in [-0.1, -0.05) is 34.1 Å². The van der Waals surface area contributed by atoms with Gasteiger partial charge in [0.1, 0.15) is 5.75 Å². The fourth-order valence-electron chi connectivity index (χ4n) is 2.69. The van der Waals surface area contributed by atoms with Gasteiger partial charge in [-0.2, -0.15) is 0 Å². The van der Waals surface area contributed by atoms with Gasteiger partial charge in [-0.15, -0.1) is 0 Å². The molecule has 2 aromatic carbocycles. The lowest BCUT2D eigenvalue weighted by atomic mass is 10.2. The average Bonchev–Trinajstić information content (AvgIpc) is 3.05. The first-order chi connectivity index (χ1) is 12.0. The third kappa shape index (κ3) is 4.20. The van der Waals surface area contributed by atoms with Gasteiger partial charge >= 0.3 is 5.97 Å². The number of fused-ring (bicyclic) bond motifs is 1. The van der Waals surface area contributed by atoms with E-state index in [2.05, 4.69) is 15.9 Å². The Hall–Kier alpha value is -2.34. The van der Waals surface area contributed by atoms with E-state index >= 15 is 0 Å². The van der Waals surface area contributed by atoms with Gasteiger partial charge in [-0.3, -0.25) is 4.79 Å². The molecule has 0 saturated carbocycles. The first-order valence-electron chi connectivity index (χ1n) is 8.02. The average molecular weight is 404 g/mol. The second-order valence-corrected chi connectivity index (χ2v) is 6.66. The predicted molar refractivity (Wildman–Crippen MR) is 97.7 cm³/mol. The van der Waals surface area contributed by atoms with Gasteiger partial charge in [0.25, 0.3) is 5.91 Å². The van der Waals surface area contributed by atoms with Crippen LogP contribution in [0.15, 0.2) is 53.0 Å². The molecule has 0 aliphatic carbocycles. The van der Waals surface area contributed by atoms with Crippen LogP contribution in [-0.2, 0) is 20.7 Å². The first-order valence-corrected chi connectivity index (χ1v) is 8.81. The SMILES string of the molecule is CC(Oc1ccc(Br)cc1)C(=O)OCC(=O)N1CCc2ccccc21. The fraction of sp³-hybridized carbons (Fsp3) is 0.263. The number of hydrogen-bond donors (Lipinski definition) is 0. The normalized spacial score (nSPS) is 13.9. The number of rotatable bonds is 5. The summed E-state index contributed by atoms with van der Waals surface area (Å²) in [5.41, 5.74) is 2.02. The standard InChI is InChI=1S/C19H18BrNO4/c1-13(25-16-8-6-15(20)7-9-16)19(23)24-12-18(22)21-11-10-14-4-2-3-5-17(14)21/h2-9,13H,10-12H2,1H3. The van der Waals surface area contributed by atoms with Crippen molar-refractivity contribution in [3.05, 3.63) is 58.6 Å². The Balaban J connectivity index is 1.52. The van der Waals surface area contributed by atoms with Crippen LogP contribution < -0.4 is 9.64 Å². The highest BCUT2D eigenvalue weighted by atomic mass is 79.9. The molecule has 1 aliphatic rings. The zero-order chi connectivity index (χ0) is 17.8. The minimum atomic E-state index is -0.792. The molecule has 130 valence electrons. The van der Waals surface area contributed by atoms with E-state index in [1.807, 2.05) is 36.4 Å². The number of benzene rings is 2. The molecule has 1 atom stereocenters. The summed E-state index contributed by atoms with van der Waals surface area (Å²) < 4.78 is 11.6. The van der Waals surface area contributed by atoms with Crippen LogP contribution in [0.25, 0.3) is 0 Å². The zero-order valence-corrected chi connectivity index (χ0v) is 15.4. The molecule has 25 heavy (non-hydrogen) atoms. The number of ether oxygens (including phenoxy) is 2. The Kier molecular flexibility index (Phi) is 5.38. The maximum atomic E-state index is 12.3. The Morgan fingerprint density at radius 3 is 2.64 bits per heavy atom. The van der Waals surface area contributed by atoms with Crippen molar-refractivity contribution in [3.8, 4) is 5.75 Å². The molecule has 1 aliphatic heterocycles. The summed E-state index contributed by atoms with van der Waals surface area (Å²) in [7, 11) is 0. The van der Waals surface area contributed by atoms with E-state index in [-0.39, 0.29) is 12.5 Å². The molecule has 0 saturated heterocycles. The molecule has 2 aromatic rings. The molecule has 0 bridgehead atoms. The molecule has 0 spiro atoms.